The largest absolute Gasteiger partial charge is 0.0626 e. The maximum absolute atomic E-state index is 2.51. The Bertz CT molecular complexity index is 1440. The van der Waals surface area contributed by atoms with Gasteiger partial charge < -0.3 is 0 Å². The molecule has 0 N–H and O–H groups in total. The SMILES string of the molecule is CCC1=Cc2c(-c3ccc(C)cc3)cccc2C1C[Si]CC1C(CC)=Cc2c(-c3ccc(C)cc3)cccc21.[Zr]. The number of rotatable bonds is 8. The van der Waals surface area contributed by atoms with Crippen LogP contribution in [0.1, 0.15) is 71.9 Å². The van der Waals surface area contributed by atoms with Gasteiger partial charge in [0.1, 0.15) is 0 Å². The van der Waals surface area contributed by atoms with Gasteiger partial charge in [-0.3, -0.25) is 0 Å². The van der Waals surface area contributed by atoms with E-state index in [-0.39, 0.29) is 26.2 Å². The minimum atomic E-state index is 0. The first-order chi connectivity index (χ1) is 19.1. The van der Waals surface area contributed by atoms with Crippen molar-refractivity contribution in [3.05, 3.63) is 129 Å². The van der Waals surface area contributed by atoms with Crippen LogP contribution in [0.4, 0.5) is 0 Å². The van der Waals surface area contributed by atoms with Crippen LogP contribution in [0.15, 0.2) is 96.1 Å². The average Bonchev–Trinajstić information content (AvgIpc) is 3.52. The van der Waals surface area contributed by atoms with Gasteiger partial charge in [-0.2, -0.15) is 0 Å². The normalized spacial score (nSPS) is 17.1. The van der Waals surface area contributed by atoms with Gasteiger partial charge in [0.25, 0.3) is 0 Å². The Hall–Kier alpha value is -2.54. The minimum absolute atomic E-state index is 0. The average molecular weight is 614 g/mol. The Labute approximate surface area is 262 Å². The Morgan fingerprint density at radius 1 is 0.550 bits per heavy atom. The zero-order valence-corrected chi connectivity index (χ0v) is 27.7. The zero-order chi connectivity index (χ0) is 26.9. The monoisotopic (exact) mass is 612 g/mol. The van der Waals surface area contributed by atoms with E-state index in [4.69, 9.17) is 0 Å². The summed E-state index contributed by atoms with van der Waals surface area (Å²) in [5, 5.41) is 0. The van der Waals surface area contributed by atoms with Crippen LogP contribution in [0.3, 0.4) is 0 Å². The number of allylic oxidation sites excluding steroid dienone is 2. The number of benzene rings is 4. The second-order valence-corrected chi connectivity index (χ2v) is 12.6. The van der Waals surface area contributed by atoms with Crippen LogP contribution in [0.5, 0.6) is 0 Å². The molecule has 2 aliphatic rings. The van der Waals surface area contributed by atoms with Crippen molar-refractivity contribution in [2.24, 2.45) is 0 Å². The summed E-state index contributed by atoms with van der Waals surface area (Å²) in [5.74, 6) is 1.12. The molecule has 0 aliphatic heterocycles. The molecule has 0 bridgehead atoms. The topological polar surface area (TPSA) is 0 Å². The summed E-state index contributed by atoms with van der Waals surface area (Å²) >= 11 is 0. The molecule has 2 aliphatic carbocycles. The molecule has 198 valence electrons. The Balaban J connectivity index is 0.00000323. The van der Waals surface area contributed by atoms with Gasteiger partial charge in [-0.05, 0) is 71.2 Å². The van der Waals surface area contributed by atoms with E-state index < -0.39 is 0 Å². The molecule has 2 atom stereocenters. The molecule has 4 aromatic rings. The van der Waals surface area contributed by atoms with Gasteiger partial charge in [0, 0.05) is 47.6 Å². The fourth-order valence-electron chi connectivity index (χ4n) is 6.59. The summed E-state index contributed by atoms with van der Waals surface area (Å²) in [6.45, 7) is 8.99. The van der Waals surface area contributed by atoms with Crippen molar-refractivity contribution < 1.29 is 26.2 Å². The summed E-state index contributed by atoms with van der Waals surface area (Å²) < 4.78 is 0. The molecule has 6 rings (SSSR count). The molecule has 0 saturated heterocycles. The molecule has 0 saturated carbocycles. The third-order valence-electron chi connectivity index (χ3n) is 8.82. The van der Waals surface area contributed by atoms with Crippen LogP contribution in [-0.4, -0.2) is 9.52 Å². The molecule has 0 amide bonds. The number of fused-ring (bicyclic) bond motifs is 2. The molecule has 2 radical (unpaired) electrons. The maximum atomic E-state index is 2.51. The van der Waals surface area contributed by atoms with E-state index in [9.17, 15) is 0 Å². The first-order valence-electron chi connectivity index (χ1n) is 14.6. The van der Waals surface area contributed by atoms with Crippen LogP contribution < -0.4 is 0 Å². The molecular weight excluding hydrogens is 576 g/mol. The van der Waals surface area contributed by atoms with E-state index in [1.807, 2.05) is 0 Å². The van der Waals surface area contributed by atoms with Gasteiger partial charge >= 0.3 is 0 Å². The first kappa shape index (κ1) is 29.0. The van der Waals surface area contributed by atoms with Crippen molar-refractivity contribution in [2.75, 3.05) is 0 Å². The van der Waals surface area contributed by atoms with Gasteiger partial charge in [0.05, 0.1) is 0 Å². The molecule has 0 spiro atoms. The predicted octanol–water partition coefficient (Wildman–Crippen LogP) is 10.7. The maximum Gasteiger partial charge on any atom is 0.0397 e. The minimum Gasteiger partial charge on any atom is -0.0626 e. The van der Waals surface area contributed by atoms with Crippen LogP contribution in [0, 0.1) is 13.8 Å². The van der Waals surface area contributed by atoms with Gasteiger partial charge in [0.15, 0.2) is 0 Å². The smallest absolute Gasteiger partial charge is 0.0397 e. The van der Waals surface area contributed by atoms with Crippen LogP contribution in [0.25, 0.3) is 34.4 Å². The number of hydrogen-bond donors (Lipinski definition) is 0. The summed E-state index contributed by atoms with van der Waals surface area (Å²) in [6, 6.07) is 34.5. The van der Waals surface area contributed by atoms with E-state index in [0.29, 0.717) is 11.8 Å². The van der Waals surface area contributed by atoms with Crippen molar-refractivity contribution in [1.29, 1.82) is 0 Å². The van der Waals surface area contributed by atoms with E-state index in [0.717, 1.165) is 22.4 Å². The fraction of sp³-hybridized carbons (Fsp3) is 0.263. The summed E-state index contributed by atoms with van der Waals surface area (Å²) in [5.41, 5.74) is 17.3. The molecule has 2 unspecified atom stereocenters. The summed E-state index contributed by atoms with van der Waals surface area (Å²) in [7, 11) is 0.944. The molecule has 0 nitrogen and oxygen atoms in total. The van der Waals surface area contributed by atoms with Crippen LogP contribution in [-0.2, 0) is 26.2 Å². The molecule has 0 heterocycles. The summed E-state index contributed by atoms with van der Waals surface area (Å²) in [6.07, 6.45) is 7.28. The fourth-order valence-corrected chi connectivity index (χ4v) is 8.30. The quantitative estimate of drug-likeness (QED) is 0.173. The predicted molar refractivity (Wildman–Crippen MR) is 171 cm³/mol. The second kappa shape index (κ2) is 12.5. The molecular formula is C38H38SiZr. The van der Waals surface area contributed by atoms with E-state index >= 15 is 0 Å². The van der Waals surface area contributed by atoms with Gasteiger partial charge in [-0.25, -0.2) is 0 Å². The van der Waals surface area contributed by atoms with Gasteiger partial charge in [0.2, 0.25) is 0 Å². The number of hydrogen-bond acceptors (Lipinski definition) is 0. The van der Waals surface area contributed by atoms with E-state index in [2.05, 4.69) is 125 Å². The standard InChI is InChI=1S/C38H38Si.Zr/c1-5-27-21-35-31(29-17-13-25(3)14-18-29)9-7-11-33(35)37(27)23-39-24-38-28(6-2)22-36-32(10-8-12-34(36)38)30-19-15-26(4)16-20-30;/h7-22,37-38H,5-6,23-24H2,1-4H3;. The molecule has 0 aromatic heterocycles. The van der Waals surface area contributed by atoms with Crippen molar-refractivity contribution in [3.8, 4) is 22.3 Å². The molecule has 40 heavy (non-hydrogen) atoms. The zero-order valence-electron chi connectivity index (χ0n) is 24.2. The van der Waals surface area contributed by atoms with Crippen molar-refractivity contribution >= 4 is 21.7 Å². The van der Waals surface area contributed by atoms with E-state index in [1.54, 1.807) is 11.1 Å². The Kier molecular flexibility index (Phi) is 9.08. The Morgan fingerprint density at radius 3 is 1.32 bits per heavy atom. The molecule has 2 heteroatoms. The first-order valence-corrected chi connectivity index (χ1v) is 16.0. The second-order valence-electron chi connectivity index (χ2n) is 11.3. The van der Waals surface area contributed by atoms with Crippen LogP contribution >= 0.6 is 0 Å². The number of aryl methyl sites for hydroxylation is 2. The third kappa shape index (κ3) is 5.50. The third-order valence-corrected chi connectivity index (χ3v) is 10.2. The van der Waals surface area contributed by atoms with Crippen LogP contribution in [0.2, 0.25) is 12.1 Å². The van der Waals surface area contributed by atoms with Crippen molar-refractivity contribution in [1.82, 2.24) is 0 Å². The van der Waals surface area contributed by atoms with Gasteiger partial charge in [-0.1, -0.05) is 145 Å². The van der Waals surface area contributed by atoms with Gasteiger partial charge in [-0.15, -0.1) is 0 Å². The Morgan fingerprint density at radius 2 is 0.950 bits per heavy atom. The summed E-state index contributed by atoms with van der Waals surface area (Å²) in [4.78, 5) is 0. The van der Waals surface area contributed by atoms with Crippen molar-refractivity contribution in [3.63, 3.8) is 0 Å². The molecule has 0 fully saturated rings. The van der Waals surface area contributed by atoms with Crippen molar-refractivity contribution in [2.45, 2.75) is 64.5 Å². The molecule has 4 aromatic carbocycles. The van der Waals surface area contributed by atoms with E-state index in [1.165, 1.54) is 67.7 Å².